The molecular formula is C33H31F4NO2. The van der Waals surface area contributed by atoms with Crippen molar-refractivity contribution in [3.05, 3.63) is 111 Å². The summed E-state index contributed by atoms with van der Waals surface area (Å²) in [6.45, 7) is 3.70. The Morgan fingerprint density at radius 1 is 0.975 bits per heavy atom. The highest BCUT2D eigenvalue weighted by atomic mass is 19.4. The zero-order valence-corrected chi connectivity index (χ0v) is 22.3. The number of rotatable bonds is 7. The van der Waals surface area contributed by atoms with E-state index < -0.39 is 17.7 Å². The van der Waals surface area contributed by atoms with Crippen LogP contribution >= 0.6 is 0 Å². The Bertz CT molecular complexity index is 1480. The Morgan fingerprint density at radius 3 is 2.38 bits per heavy atom. The number of allylic oxidation sites excluding steroid dienone is 1. The van der Waals surface area contributed by atoms with Crippen LogP contribution in [0.1, 0.15) is 68.6 Å². The standard InChI is InChI=1S/C33H31F4NO2/c1-21-6-12-28(30(16-21)33(35,36)37)29-5-2-4-25-18-26(32(39)40)11-13-27(25)31(29)24-9-7-22(8-10-24)17-23-19-38(20-23)15-3-14-34/h6-13,16-18H,2-5,14-15,19-20H2,1H3,(H,39,40). The number of fused-ring (bicyclic) bond motifs is 1. The first-order valence-corrected chi connectivity index (χ1v) is 13.5. The van der Waals surface area contributed by atoms with Crippen LogP contribution in [0, 0.1) is 6.92 Å². The number of aryl methyl sites for hydroxylation is 2. The Balaban J connectivity index is 1.61. The van der Waals surface area contributed by atoms with Gasteiger partial charge in [-0.15, -0.1) is 0 Å². The van der Waals surface area contributed by atoms with Crippen molar-refractivity contribution in [3.63, 3.8) is 0 Å². The minimum atomic E-state index is -4.52. The maximum atomic E-state index is 14.2. The van der Waals surface area contributed by atoms with E-state index in [0.29, 0.717) is 42.4 Å². The van der Waals surface area contributed by atoms with E-state index in [9.17, 15) is 27.5 Å². The molecule has 0 aromatic heterocycles. The number of carboxylic acid groups (broad SMARTS) is 1. The van der Waals surface area contributed by atoms with Gasteiger partial charge in [-0.05, 0) is 95.3 Å². The van der Waals surface area contributed by atoms with Crippen molar-refractivity contribution in [2.24, 2.45) is 0 Å². The van der Waals surface area contributed by atoms with Gasteiger partial charge in [-0.3, -0.25) is 9.29 Å². The fourth-order valence-electron chi connectivity index (χ4n) is 5.72. The Labute approximate surface area is 231 Å². The topological polar surface area (TPSA) is 40.5 Å². The largest absolute Gasteiger partial charge is 0.478 e. The second kappa shape index (κ2) is 11.4. The number of carboxylic acids is 1. The first-order valence-electron chi connectivity index (χ1n) is 13.5. The van der Waals surface area contributed by atoms with Crippen LogP contribution in [-0.4, -0.2) is 42.3 Å². The fourth-order valence-corrected chi connectivity index (χ4v) is 5.72. The van der Waals surface area contributed by atoms with Crippen molar-refractivity contribution in [1.82, 2.24) is 4.90 Å². The van der Waals surface area contributed by atoms with Gasteiger partial charge in [-0.1, -0.05) is 54.1 Å². The van der Waals surface area contributed by atoms with E-state index in [2.05, 4.69) is 11.0 Å². The van der Waals surface area contributed by atoms with Crippen LogP contribution in [0.25, 0.3) is 17.2 Å². The van der Waals surface area contributed by atoms with E-state index in [1.165, 1.54) is 17.7 Å². The number of nitrogens with zero attached hydrogens (tertiary/aromatic N) is 1. The van der Waals surface area contributed by atoms with Gasteiger partial charge in [0.15, 0.2) is 0 Å². The third-order valence-electron chi connectivity index (χ3n) is 7.63. The number of hydrogen-bond donors (Lipinski definition) is 1. The maximum absolute atomic E-state index is 14.2. The van der Waals surface area contributed by atoms with Gasteiger partial charge < -0.3 is 5.11 Å². The van der Waals surface area contributed by atoms with E-state index in [-0.39, 0.29) is 17.8 Å². The maximum Gasteiger partial charge on any atom is 0.417 e. The van der Waals surface area contributed by atoms with Crippen molar-refractivity contribution < 1.29 is 27.5 Å². The second-order valence-electron chi connectivity index (χ2n) is 10.6. The van der Waals surface area contributed by atoms with Crippen molar-refractivity contribution in [2.45, 2.75) is 38.8 Å². The number of alkyl halides is 4. The lowest BCUT2D eigenvalue weighted by molar-refractivity contribution is -0.137. The minimum Gasteiger partial charge on any atom is -0.478 e. The van der Waals surface area contributed by atoms with Crippen molar-refractivity contribution in [3.8, 4) is 0 Å². The van der Waals surface area contributed by atoms with E-state index in [1.807, 2.05) is 24.3 Å². The van der Waals surface area contributed by atoms with Gasteiger partial charge in [0.2, 0.25) is 0 Å². The number of carbonyl (C=O) groups is 1. The predicted molar refractivity (Wildman–Crippen MR) is 150 cm³/mol. The van der Waals surface area contributed by atoms with Crippen LogP contribution in [0.5, 0.6) is 0 Å². The third kappa shape index (κ3) is 5.89. The summed E-state index contributed by atoms with van der Waals surface area (Å²) in [6, 6.07) is 17.2. The second-order valence-corrected chi connectivity index (χ2v) is 10.6. The van der Waals surface area contributed by atoms with Crippen LogP contribution in [0.15, 0.2) is 66.2 Å². The molecule has 1 fully saturated rings. The molecule has 1 N–H and O–H groups in total. The first kappa shape index (κ1) is 27.8. The van der Waals surface area contributed by atoms with Crippen LogP contribution in [0.2, 0.25) is 0 Å². The quantitative estimate of drug-likeness (QED) is 0.303. The summed E-state index contributed by atoms with van der Waals surface area (Å²) in [5, 5.41) is 9.55. The van der Waals surface area contributed by atoms with Crippen molar-refractivity contribution >= 4 is 23.2 Å². The summed E-state index contributed by atoms with van der Waals surface area (Å²) in [5.74, 6) is -1.03. The summed E-state index contributed by atoms with van der Waals surface area (Å²) in [7, 11) is 0. The molecule has 0 spiro atoms. The van der Waals surface area contributed by atoms with Crippen LogP contribution in [0.3, 0.4) is 0 Å². The molecule has 0 saturated carbocycles. The molecule has 1 aliphatic carbocycles. The SMILES string of the molecule is Cc1ccc(C2=C(c3ccc(C=C4CN(CCCF)C4)cc3)c3ccc(C(=O)O)cc3CCC2)c(C(F)(F)F)c1. The number of benzene rings is 3. The zero-order valence-electron chi connectivity index (χ0n) is 22.3. The molecule has 0 atom stereocenters. The highest BCUT2D eigenvalue weighted by Gasteiger charge is 2.35. The van der Waals surface area contributed by atoms with Gasteiger partial charge in [0.25, 0.3) is 0 Å². The summed E-state index contributed by atoms with van der Waals surface area (Å²) in [6.07, 6.45) is -0.278. The molecule has 3 aromatic carbocycles. The van der Waals surface area contributed by atoms with Crippen LogP contribution in [-0.2, 0) is 12.6 Å². The monoisotopic (exact) mass is 549 g/mol. The van der Waals surface area contributed by atoms with Crippen LogP contribution in [0.4, 0.5) is 17.6 Å². The third-order valence-corrected chi connectivity index (χ3v) is 7.63. The van der Waals surface area contributed by atoms with Gasteiger partial charge in [0.1, 0.15) is 0 Å². The molecule has 0 unspecified atom stereocenters. The van der Waals surface area contributed by atoms with Gasteiger partial charge in [-0.25, -0.2) is 4.79 Å². The minimum absolute atomic E-state index is 0.163. The lowest BCUT2D eigenvalue weighted by Crippen LogP contribution is -2.40. The molecule has 0 bridgehead atoms. The number of likely N-dealkylation sites (tertiary alicyclic amines) is 1. The average molecular weight is 550 g/mol. The highest BCUT2D eigenvalue weighted by Crippen LogP contribution is 2.44. The molecule has 7 heteroatoms. The molecule has 3 aromatic rings. The first-order chi connectivity index (χ1) is 19.1. The Morgan fingerprint density at radius 2 is 1.70 bits per heavy atom. The van der Waals surface area contributed by atoms with Gasteiger partial charge in [0.05, 0.1) is 17.8 Å². The van der Waals surface area contributed by atoms with Crippen molar-refractivity contribution in [1.29, 1.82) is 0 Å². The van der Waals surface area contributed by atoms with Crippen LogP contribution < -0.4 is 0 Å². The number of halogens is 4. The molecule has 208 valence electrons. The van der Waals surface area contributed by atoms with E-state index in [1.54, 1.807) is 31.2 Å². The van der Waals surface area contributed by atoms with Gasteiger partial charge >= 0.3 is 12.1 Å². The number of hydrogen-bond acceptors (Lipinski definition) is 2. The summed E-state index contributed by atoms with van der Waals surface area (Å²) in [5.41, 5.74) is 6.14. The van der Waals surface area contributed by atoms with Gasteiger partial charge in [-0.2, -0.15) is 13.2 Å². The Hall–Kier alpha value is -3.71. The smallest absolute Gasteiger partial charge is 0.417 e. The van der Waals surface area contributed by atoms with Crippen molar-refractivity contribution in [2.75, 3.05) is 26.3 Å². The predicted octanol–water partition coefficient (Wildman–Crippen LogP) is 8.07. The zero-order chi connectivity index (χ0) is 28.4. The molecule has 1 saturated heterocycles. The summed E-state index contributed by atoms with van der Waals surface area (Å²) in [4.78, 5) is 13.8. The normalized spacial score (nSPS) is 15.9. The lowest BCUT2D eigenvalue weighted by atomic mass is 9.85. The van der Waals surface area contributed by atoms with E-state index in [4.69, 9.17) is 0 Å². The van der Waals surface area contributed by atoms with E-state index in [0.717, 1.165) is 41.9 Å². The molecule has 1 heterocycles. The molecule has 40 heavy (non-hydrogen) atoms. The lowest BCUT2D eigenvalue weighted by Gasteiger charge is -2.33. The molecule has 1 aliphatic heterocycles. The highest BCUT2D eigenvalue weighted by molar-refractivity contribution is 6.01. The average Bonchev–Trinajstić information content (AvgIpc) is 3.09. The molecule has 3 nitrogen and oxygen atoms in total. The number of aromatic carboxylic acids is 1. The fraction of sp³-hybridized carbons (Fsp3) is 0.303. The molecular weight excluding hydrogens is 518 g/mol. The molecule has 0 radical (unpaired) electrons. The Kier molecular flexibility index (Phi) is 7.95. The van der Waals surface area contributed by atoms with E-state index >= 15 is 0 Å². The molecule has 2 aliphatic rings. The summed E-state index contributed by atoms with van der Waals surface area (Å²) >= 11 is 0. The van der Waals surface area contributed by atoms with Gasteiger partial charge in [0, 0.05) is 19.6 Å². The molecule has 5 rings (SSSR count). The molecule has 0 amide bonds. The summed E-state index contributed by atoms with van der Waals surface area (Å²) < 4.78 is 55.2.